The van der Waals surface area contributed by atoms with Crippen LogP contribution in [-0.2, 0) is 67.0 Å². The van der Waals surface area contributed by atoms with Crippen molar-refractivity contribution >= 4 is 39.1 Å². The minimum atomic E-state index is -3.49. The fraction of sp³-hybridized carbons (Fsp3) is 0.768. The second kappa shape index (κ2) is 29.8. The molecule has 3 heterocycles. The lowest BCUT2D eigenvalue weighted by molar-refractivity contribution is -0.266. The number of piperidine rings is 1. The van der Waals surface area contributed by atoms with Gasteiger partial charge < -0.3 is 43.2 Å². The molecule has 0 aromatic rings. The van der Waals surface area contributed by atoms with Crippen LogP contribution in [0.25, 0.3) is 0 Å². The van der Waals surface area contributed by atoms with Crippen molar-refractivity contribution in [3.63, 3.8) is 0 Å². The molecule has 1 amide bonds. The number of hydrogen-bond donors (Lipinski definition) is 1. The maximum absolute atomic E-state index is 14.5. The number of ether oxygens (including phenoxy) is 7. The van der Waals surface area contributed by atoms with Crippen molar-refractivity contribution in [1.29, 1.82) is 0 Å². The zero-order valence-corrected chi connectivity index (χ0v) is 46.5. The van der Waals surface area contributed by atoms with E-state index in [1.807, 2.05) is 58.1 Å². The van der Waals surface area contributed by atoms with E-state index in [4.69, 9.17) is 33.2 Å². The number of ketones is 3. The fourth-order valence-electron chi connectivity index (χ4n) is 11.0. The summed E-state index contributed by atoms with van der Waals surface area (Å²) >= 11 is 0. The Morgan fingerprint density at radius 3 is 2.21 bits per heavy atom. The van der Waals surface area contributed by atoms with Gasteiger partial charge in [-0.3, -0.25) is 19.2 Å². The van der Waals surface area contributed by atoms with E-state index in [1.165, 1.54) is 26.2 Å². The first-order valence-electron chi connectivity index (χ1n) is 26.7. The highest BCUT2D eigenvalue weighted by Gasteiger charge is 2.53. The lowest BCUT2D eigenvalue weighted by Crippen LogP contribution is -2.61. The Hall–Kier alpha value is -3.42. The van der Waals surface area contributed by atoms with Crippen molar-refractivity contribution in [2.45, 2.75) is 180 Å². The van der Waals surface area contributed by atoms with Crippen molar-refractivity contribution < 1.29 is 70.7 Å². The number of rotatable bonds is 13. The molecule has 3 fully saturated rings. The van der Waals surface area contributed by atoms with Crippen LogP contribution in [0.4, 0.5) is 0 Å². The monoisotopic (exact) mass is 1050 g/mol. The molecule has 0 aromatic carbocycles. The minimum absolute atomic E-state index is 0.00229. The maximum Gasteiger partial charge on any atom is 0.329 e. The van der Waals surface area contributed by atoms with Gasteiger partial charge in [0.05, 0.1) is 43.0 Å². The number of cyclic esters (lactones) is 1. The summed E-state index contributed by atoms with van der Waals surface area (Å²) in [5, 5.41) is 12.2. The summed E-state index contributed by atoms with van der Waals surface area (Å²) in [7, 11) is 2.62. The van der Waals surface area contributed by atoms with Gasteiger partial charge >= 0.3 is 5.97 Å². The van der Waals surface area contributed by atoms with Gasteiger partial charge in [0, 0.05) is 65.6 Å². The number of carbonyl (C=O) groups is 5. The molecular formula is C56H89NO15S. The van der Waals surface area contributed by atoms with Crippen LogP contribution in [0.3, 0.4) is 0 Å². The molecule has 0 radical (unpaired) electrons. The highest BCUT2D eigenvalue weighted by Crippen LogP contribution is 2.38. The number of Topliss-reactive ketones (excluding diaryl/α,β-unsaturated/α-hetero) is 3. The van der Waals surface area contributed by atoms with E-state index in [0.29, 0.717) is 44.1 Å². The summed E-state index contributed by atoms with van der Waals surface area (Å²) in [4.78, 5) is 72.9. The average Bonchev–Trinajstić information content (AvgIpc) is 3.36. The van der Waals surface area contributed by atoms with Crippen molar-refractivity contribution in [2.75, 3.05) is 59.7 Å². The molecule has 1 unspecified atom stereocenters. The molecule has 73 heavy (non-hydrogen) atoms. The molecule has 1 N–H and O–H groups in total. The van der Waals surface area contributed by atoms with E-state index in [1.54, 1.807) is 34.0 Å². The Kier molecular flexibility index (Phi) is 25.3. The number of methoxy groups -OCH3 is 4. The molecule has 3 aliphatic heterocycles. The number of nitrogens with zero attached hydrogens (tertiary/aromatic N) is 1. The van der Waals surface area contributed by atoms with Gasteiger partial charge in [0.1, 0.15) is 30.1 Å². The smallest absolute Gasteiger partial charge is 0.329 e. The third-order valence-corrected chi connectivity index (χ3v) is 17.2. The number of aliphatic hydroxyl groups is 1. The first kappa shape index (κ1) is 62.1. The number of sulfone groups is 1. The van der Waals surface area contributed by atoms with Gasteiger partial charge in [-0.1, -0.05) is 83.9 Å². The van der Waals surface area contributed by atoms with Crippen LogP contribution < -0.4 is 0 Å². The summed E-state index contributed by atoms with van der Waals surface area (Å²) in [6, 6.07) is -1.15. The van der Waals surface area contributed by atoms with Crippen LogP contribution >= 0.6 is 0 Å². The van der Waals surface area contributed by atoms with Gasteiger partial charge in [0.25, 0.3) is 11.7 Å². The summed E-state index contributed by atoms with van der Waals surface area (Å²) in [6.07, 6.45) is 14.2. The van der Waals surface area contributed by atoms with Crippen LogP contribution in [0.15, 0.2) is 47.6 Å². The van der Waals surface area contributed by atoms with Crippen LogP contribution in [-0.4, -0.2) is 156 Å². The first-order chi connectivity index (χ1) is 34.6. The predicted molar refractivity (Wildman–Crippen MR) is 278 cm³/mol. The van der Waals surface area contributed by atoms with Gasteiger partial charge in [-0.15, -0.1) is 0 Å². The van der Waals surface area contributed by atoms with Crippen molar-refractivity contribution in [3.8, 4) is 0 Å². The van der Waals surface area contributed by atoms with E-state index in [-0.39, 0.29) is 86.0 Å². The van der Waals surface area contributed by atoms with Gasteiger partial charge in [-0.25, -0.2) is 13.2 Å². The minimum Gasteiger partial charge on any atom is -0.460 e. The summed E-state index contributed by atoms with van der Waals surface area (Å²) < 4.78 is 66.7. The number of amides is 1. The van der Waals surface area contributed by atoms with Crippen LogP contribution in [0, 0.1) is 35.5 Å². The zero-order chi connectivity index (χ0) is 54.0. The van der Waals surface area contributed by atoms with E-state index < -0.39 is 87.6 Å². The Balaban J connectivity index is 1.74. The number of allylic oxidation sites excluding steroid dienone is 6. The van der Waals surface area contributed by atoms with E-state index >= 15 is 0 Å². The van der Waals surface area contributed by atoms with Gasteiger partial charge in [0.2, 0.25) is 5.79 Å². The molecule has 0 spiro atoms. The standard InChI is InChI=1S/C56H89NO15S/c1-36-18-13-12-14-19-37(2)48(70-27-29-73(64,65)28-26-66-8)34-45-24-23-42(7)56(63,72-45)53(60)54(61)57-25-16-15-22-46(57)55(62)71-49(39(4)32-43-20-17-21-44(33-43)67-9)35-47(58)38(3)31-41(6)51(68-10)52(69-11)50(59)40(5)30-36/h12-14,18-19,31,36,38-40,42-46,48-49,51-52,63H,15-17,20-30,32-35H2,1-11H3/b14-12+,18-13+,37-19+,41-31+/t36-,38-,39-,40-,42-,43+,44+,45+,46+,48?,49+,51-,52+,56-/m1/s1. The summed E-state index contributed by atoms with van der Waals surface area (Å²) in [5.41, 5.74) is 1.36. The molecule has 414 valence electrons. The van der Waals surface area contributed by atoms with Gasteiger partial charge in [0.15, 0.2) is 15.6 Å². The second-order valence-electron chi connectivity index (χ2n) is 21.5. The number of fused-ring (bicyclic) bond motifs is 3. The second-order valence-corrected chi connectivity index (χ2v) is 23.8. The molecule has 17 heteroatoms. The fourth-order valence-corrected chi connectivity index (χ4v) is 11.9. The zero-order valence-electron chi connectivity index (χ0n) is 45.7. The molecule has 4 aliphatic rings. The largest absolute Gasteiger partial charge is 0.460 e. The Morgan fingerprint density at radius 2 is 1.52 bits per heavy atom. The predicted octanol–water partition coefficient (Wildman–Crippen LogP) is 7.30. The molecule has 16 nitrogen and oxygen atoms in total. The number of carbonyl (C=O) groups excluding carboxylic acids is 5. The number of hydrogen-bond acceptors (Lipinski definition) is 15. The van der Waals surface area contributed by atoms with E-state index in [2.05, 4.69) is 0 Å². The Bertz CT molecular complexity index is 2070. The third kappa shape index (κ3) is 18.1. The maximum atomic E-state index is 14.5. The Morgan fingerprint density at radius 1 is 0.808 bits per heavy atom. The highest BCUT2D eigenvalue weighted by molar-refractivity contribution is 7.91. The molecule has 1 saturated carbocycles. The molecule has 2 saturated heterocycles. The van der Waals surface area contributed by atoms with Crippen LogP contribution in [0.2, 0.25) is 0 Å². The lowest BCUT2D eigenvalue weighted by Gasteiger charge is -2.43. The van der Waals surface area contributed by atoms with Crippen molar-refractivity contribution in [1.82, 2.24) is 4.90 Å². The molecule has 1 aliphatic carbocycles. The first-order valence-corrected chi connectivity index (χ1v) is 28.5. The van der Waals surface area contributed by atoms with Gasteiger partial charge in [-0.05, 0) is 101 Å². The molecule has 4 rings (SSSR count). The van der Waals surface area contributed by atoms with Crippen molar-refractivity contribution in [2.24, 2.45) is 35.5 Å². The molecule has 14 atom stereocenters. The SMILES string of the molecule is COCCS(=O)(=O)CCOC1C[C@@H]2CC[C@@H](C)[C@@](O)(O2)C(=O)C(=O)N2CCCC[C@H]2C(=O)O[C@H]([C@H](C)C[C@@H]2CCC[C@H](OC)C2)CC(=O)[C@H](C)/C=C(\C)[C@@H](OC)[C@@H](OC)C(=O)[C@H](C)C[C@H](C)/C=C/C=C/C=C/1C. The van der Waals surface area contributed by atoms with E-state index in [9.17, 15) is 37.5 Å². The molecule has 2 bridgehead atoms. The molecule has 0 aromatic heterocycles. The normalized spacial score (nSPS) is 36.5. The van der Waals surface area contributed by atoms with Crippen LogP contribution in [0.5, 0.6) is 0 Å². The molecular weight excluding hydrogens is 959 g/mol. The topological polar surface area (TPSA) is 208 Å². The summed E-state index contributed by atoms with van der Waals surface area (Å²) in [5.74, 6) is -8.09. The highest BCUT2D eigenvalue weighted by atomic mass is 32.2. The average molecular weight is 1050 g/mol. The number of esters is 1. The third-order valence-electron chi connectivity index (χ3n) is 15.6. The summed E-state index contributed by atoms with van der Waals surface area (Å²) in [6.45, 7) is 12.9. The Labute approximate surface area is 436 Å². The van der Waals surface area contributed by atoms with Crippen molar-refractivity contribution in [3.05, 3.63) is 47.6 Å². The lowest BCUT2D eigenvalue weighted by atomic mass is 9.79. The van der Waals surface area contributed by atoms with Crippen LogP contribution in [0.1, 0.15) is 132 Å². The van der Waals surface area contributed by atoms with Gasteiger partial charge in [-0.2, -0.15) is 0 Å². The van der Waals surface area contributed by atoms with E-state index in [0.717, 1.165) is 31.3 Å². The quantitative estimate of drug-likeness (QED) is 0.109.